The number of halogens is 1. The van der Waals surface area contributed by atoms with Crippen molar-refractivity contribution in [3.8, 4) is 11.3 Å². The molecule has 0 atom stereocenters. The van der Waals surface area contributed by atoms with Gasteiger partial charge in [-0.1, -0.05) is 0 Å². The molecule has 0 saturated heterocycles. The number of carbonyl (C=O) groups is 1. The Hall–Kier alpha value is -2.35. The minimum Gasteiger partial charge on any atom is -0.480 e. The molecule has 2 aromatic rings. The van der Waals surface area contributed by atoms with Crippen LogP contribution in [0.2, 0.25) is 0 Å². The van der Waals surface area contributed by atoms with Crippen LogP contribution in [0.1, 0.15) is 0 Å². The van der Waals surface area contributed by atoms with Gasteiger partial charge in [0.1, 0.15) is 6.54 Å². The molecule has 0 radical (unpaired) electrons. The molecule has 2 N–H and O–H groups in total. The lowest BCUT2D eigenvalue weighted by atomic mass is 10.2. The predicted molar refractivity (Wildman–Crippen MR) is 67.8 cm³/mol. The molecular formula is C10H10ClN5O3. The maximum Gasteiger partial charge on any atom is 0.323 e. The second-order valence-electron chi connectivity index (χ2n) is 3.77. The van der Waals surface area contributed by atoms with Gasteiger partial charge >= 0.3 is 5.97 Å². The van der Waals surface area contributed by atoms with Crippen LogP contribution in [-0.4, -0.2) is 30.4 Å². The maximum atomic E-state index is 12.0. The van der Waals surface area contributed by atoms with Gasteiger partial charge in [-0.2, -0.15) is 5.10 Å². The van der Waals surface area contributed by atoms with Gasteiger partial charge in [-0.3, -0.25) is 23.7 Å². The highest BCUT2D eigenvalue weighted by Gasteiger charge is 2.14. The molecule has 0 amide bonds. The Labute approximate surface area is 112 Å². The van der Waals surface area contributed by atoms with Crippen LogP contribution in [0.3, 0.4) is 0 Å². The molecule has 0 bridgehead atoms. The highest BCUT2D eigenvalue weighted by molar-refractivity contribution is 6.23. The van der Waals surface area contributed by atoms with Crippen LogP contribution in [-0.2, 0) is 18.4 Å². The summed E-state index contributed by atoms with van der Waals surface area (Å²) in [5.74, 6) is -1.27. The van der Waals surface area contributed by atoms with Crippen molar-refractivity contribution < 1.29 is 9.90 Å². The van der Waals surface area contributed by atoms with Crippen molar-refractivity contribution in [3.05, 3.63) is 28.9 Å². The van der Waals surface area contributed by atoms with E-state index < -0.39 is 18.1 Å². The molecule has 100 valence electrons. The number of nitrogens with zero attached hydrogens (tertiary/aromatic N) is 4. The Morgan fingerprint density at radius 3 is 2.79 bits per heavy atom. The second kappa shape index (κ2) is 5.11. The summed E-state index contributed by atoms with van der Waals surface area (Å²) >= 11 is 5.35. The zero-order chi connectivity index (χ0) is 14.0. The van der Waals surface area contributed by atoms with Gasteiger partial charge in [0, 0.05) is 30.6 Å². The zero-order valence-electron chi connectivity index (χ0n) is 9.87. The number of carboxylic acids is 1. The summed E-state index contributed by atoms with van der Waals surface area (Å²) in [5.41, 5.74) is 0.337. The Morgan fingerprint density at radius 2 is 2.26 bits per heavy atom. The monoisotopic (exact) mass is 283 g/mol. The first kappa shape index (κ1) is 13.1. The molecule has 0 aromatic carbocycles. The molecule has 8 nitrogen and oxygen atoms in total. The van der Waals surface area contributed by atoms with Crippen LogP contribution in [0.5, 0.6) is 0 Å². The Morgan fingerprint density at radius 1 is 1.53 bits per heavy atom. The van der Waals surface area contributed by atoms with Gasteiger partial charge in [0.2, 0.25) is 5.82 Å². The van der Waals surface area contributed by atoms with Gasteiger partial charge < -0.3 is 5.11 Å². The molecule has 0 unspecified atom stereocenters. The first-order valence-corrected chi connectivity index (χ1v) is 5.58. The molecule has 19 heavy (non-hydrogen) atoms. The summed E-state index contributed by atoms with van der Waals surface area (Å²) < 4.78 is 2.61. The summed E-state index contributed by atoms with van der Waals surface area (Å²) in [6.07, 6.45) is 4.54. The lowest BCUT2D eigenvalue weighted by Crippen LogP contribution is -2.27. The number of nitrogens with one attached hydrogen (secondary N) is 1. The first-order chi connectivity index (χ1) is 9.02. The number of aliphatic carboxylic acids is 1. The van der Waals surface area contributed by atoms with Gasteiger partial charge in [-0.15, -0.1) is 0 Å². The van der Waals surface area contributed by atoms with E-state index in [1.807, 2.05) is 0 Å². The van der Waals surface area contributed by atoms with E-state index in [2.05, 4.69) is 14.9 Å². The van der Waals surface area contributed by atoms with Crippen molar-refractivity contribution >= 4 is 23.6 Å². The third kappa shape index (κ3) is 2.58. The lowest BCUT2D eigenvalue weighted by molar-refractivity contribution is -0.137. The van der Waals surface area contributed by atoms with Crippen molar-refractivity contribution in [1.82, 2.24) is 19.3 Å². The van der Waals surface area contributed by atoms with E-state index in [1.54, 1.807) is 17.9 Å². The average Bonchev–Trinajstić information content (AvgIpc) is 2.78. The standard InChI is InChI=1S/C10H10ClN5O3/c1-15-4-6(2-13-15)7-3-12-9(14-11)10(19)16(7)5-8(17)18/h2-4H,5H2,1H3,(H,12,14)(H,17,18). The predicted octanol–water partition coefficient (Wildman–Crippen LogP) is 0.294. The van der Waals surface area contributed by atoms with E-state index in [-0.39, 0.29) is 5.82 Å². The third-order valence-electron chi connectivity index (χ3n) is 2.44. The molecular weight excluding hydrogens is 274 g/mol. The van der Waals surface area contributed by atoms with Gasteiger partial charge in [0.15, 0.2) is 0 Å². The van der Waals surface area contributed by atoms with E-state index in [0.717, 1.165) is 4.57 Å². The summed E-state index contributed by atoms with van der Waals surface area (Å²) in [4.78, 5) is 28.8. The fourth-order valence-electron chi connectivity index (χ4n) is 1.63. The van der Waals surface area contributed by atoms with E-state index in [0.29, 0.717) is 11.3 Å². The number of carboxylic acid groups (broad SMARTS) is 1. The van der Waals surface area contributed by atoms with E-state index >= 15 is 0 Å². The third-order valence-corrected chi connectivity index (χ3v) is 2.62. The topological polar surface area (TPSA) is 102 Å². The summed E-state index contributed by atoms with van der Waals surface area (Å²) in [7, 11) is 1.71. The van der Waals surface area contributed by atoms with Crippen molar-refractivity contribution in [2.75, 3.05) is 4.84 Å². The molecule has 0 spiro atoms. The van der Waals surface area contributed by atoms with E-state index in [9.17, 15) is 9.59 Å². The van der Waals surface area contributed by atoms with Gasteiger partial charge in [0.25, 0.3) is 5.56 Å². The highest BCUT2D eigenvalue weighted by atomic mass is 35.5. The van der Waals surface area contributed by atoms with Gasteiger partial charge in [-0.05, 0) is 0 Å². The number of aromatic nitrogens is 4. The molecule has 2 aromatic heterocycles. The molecule has 0 aliphatic carbocycles. The van der Waals surface area contributed by atoms with Crippen LogP contribution >= 0.6 is 11.8 Å². The molecule has 0 aliphatic heterocycles. The largest absolute Gasteiger partial charge is 0.480 e. The summed E-state index contributed by atoms with van der Waals surface area (Å²) in [6.45, 7) is -0.489. The number of anilines is 1. The first-order valence-electron chi connectivity index (χ1n) is 5.20. The van der Waals surface area contributed by atoms with Crippen LogP contribution < -0.4 is 10.4 Å². The van der Waals surface area contributed by atoms with Crippen LogP contribution in [0, 0.1) is 0 Å². The van der Waals surface area contributed by atoms with Crippen molar-refractivity contribution in [3.63, 3.8) is 0 Å². The lowest BCUT2D eigenvalue weighted by Gasteiger charge is -2.10. The van der Waals surface area contributed by atoms with Crippen LogP contribution in [0.4, 0.5) is 5.82 Å². The molecule has 2 rings (SSSR count). The highest BCUT2D eigenvalue weighted by Crippen LogP contribution is 2.17. The summed E-state index contributed by atoms with van der Waals surface area (Å²) in [5, 5.41) is 12.8. The minimum absolute atomic E-state index is 0.129. The van der Waals surface area contributed by atoms with Crippen LogP contribution in [0.15, 0.2) is 23.4 Å². The SMILES string of the molecule is Cn1cc(-c2cnc(NCl)c(=O)n2CC(=O)O)cn1. The zero-order valence-corrected chi connectivity index (χ0v) is 10.6. The number of rotatable bonds is 4. The minimum atomic E-state index is -1.14. The smallest absolute Gasteiger partial charge is 0.323 e. The van der Waals surface area contributed by atoms with Gasteiger partial charge in [-0.25, -0.2) is 4.98 Å². The number of hydrogen-bond donors (Lipinski definition) is 2. The fraction of sp³-hybridized carbons (Fsp3) is 0.200. The van der Waals surface area contributed by atoms with Crippen molar-refractivity contribution in [2.24, 2.45) is 7.05 Å². The molecule has 9 heteroatoms. The second-order valence-corrected chi connectivity index (χ2v) is 3.96. The molecule has 0 fully saturated rings. The van der Waals surface area contributed by atoms with E-state index in [4.69, 9.17) is 16.9 Å². The number of aryl methyl sites for hydroxylation is 1. The van der Waals surface area contributed by atoms with Gasteiger partial charge in [0.05, 0.1) is 18.1 Å². The Bertz CT molecular complexity index is 678. The van der Waals surface area contributed by atoms with E-state index in [1.165, 1.54) is 12.4 Å². The molecule has 2 heterocycles. The summed E-state index contributed by atoms with van der Waals surface area (Å²) in [6, 6.07) is 0. The number of hydrogen-bond acceptors (Lipinski definition) is 5. The molecule has 0 aliphatic rings. The van der Waals surface area contributed by atoms with Crippen molar-refractivity contribution in [1.29, 1.82) is 0 Å². The Kier molecular flexibility index (Phi) is 3.52. The maximum absolute atomic E-state index is 12.0. The quantitative estimate of drug-likeness (QED) is 0.782. The normalized spacial score (nSPS) is 10.4. The average molecular weight is 284 g/mol. The Balaban J connectivity index is 2.63. The molecule has 0 saturated carbocycles. The van der Waals surface area contributed by atoms with Crippen molar-refractivity contribution in [2.45, 2.75) is 6.54 Å². The fourth-order valence-corrected chi connectivity index (χ4v) is 1.76. The van der Waals surface area contributed by atoms with Crippen LogP contribution in [0.25, 0.3) is 11.3 Å².